The summed E-state index contributed by atoms with van der Waals surface area (Å²) in [7, 11) is -3.54. The zero-order chi connectivity index (χ0) is 21.1. The molecule has 0 saturated carbocycles. The predicted molar refractivity (Wildman–Crippen MR) is 116 cm³/mol. The average molecular weight is 445 g/mol. The van der Waals surface area contributed by atoms with Crippen molar-refractivity contribution in [3.63, 3.8) is 0 Å². The van der Waals surface area contributed by atoms with Gasteiger partial charge in [0.15, 0.2) is 0 Å². The molecule has 1 aliphatic heterocycles. The van der Waals surface area contributed by atoms with Gasteiger partial charge in [0.2, 0.25) is 5.91 Å². The fourth-order valence-electron chi connectivity index (χ4n) is 3.56. The van der Waals surface area contributed by atoms with Crippen LogP contribution < -0.4 is 5.32 Å². The number of hydrogen-bond acceptors (Lipinski definition) is 5. The molecular weight excluding hydrogens is 420 g/mol. The fraction of sp³-hybridized carbons (Fsp3) is 0.333. The Balaban J connectivity index is 1.36. The quantitative estimate of drug-likeness (QED) is 0.634. The van der Waals surface area contributed by atoms with Crippen molar-refractivity contribution >= 4 is 27.3 Å². The van der Waals surface area contributed by atoms with Gasteiger partial charge in [-0.1, -0.05) is 18.2 Å². The Labute approximate surface area is 180 Å². The number of aromatic nitrogens is 2. The third-order valence-electron chi connectivity index (χ3n) is 5.19. The van der Waals surface area contributed by atoms with Gasteiger partial charge in [-0.15, -0.1) is 11.3 Å². The number of para-hydroxylation sites is 1. The van der Waals surface area contributed by atoms with Gasteiger partial charge in [-0.05, 0) is 44.0 Å². The summed E-state index contributed by atoms with van der Waals surface area (Å²) >= 11 is 1.27. The minimum Gasteiger partial charge on any atom is -0.352 e. The molecule has 3 aromatic rings. The molecule has 2 aromatic heterocycles. The monoisotopic (exact) mass is 444 g/mol. The molecule has 3 heterocycles. The van der Waals surface area contributed by atoms with Gasteiger partial charge in [0.05, 0.1) is 17.8 Å². The van der Waals surface area contributed by atoms with E-state index in [1.165, 1.54) is 15.6 Å². The third-order valence-corrected chi connectivity index (χ3v) is 8.52. The van der Waals surface area contributed by atoms with Crippen LogP contribution in [0.1, 0.15) is 23.3 Å². The lowest BCUT2D eigenvalue weighted by molar-refractivity contribution is -0.126. The molecule has 0 radical (unpaired) electrons. The molecule has 7 nitrogen and oxygen atoms in total. The molecule has 158 valence electrons. The van der Waals surface area contributed by atoms with E-state index in [0.29, 0.717) is 30.1 Å². The molecule has 4 rings (SSSR count). The molecule has 0 aliphatic carbocycles. The summed E-state index contributed by atoms with van der Waals surface area (Å²) < 4.78 is 29.3. The largest absolute Gasteiger partial charge is 0.352 e. The van der Waals surface area contributed by atoms with Crippen LogP contribution in [0.5, 0.6) is 0 Å². The van der Waals surface area contributed by atoms with Gasteiger partial charge in [0, 0.05) is 36.3 Å². The molecule has 0 spiro atoms. The maximum absolute atomic E-state index is 12.9. The van der Waals surface area contributed by atoms with Crippen molar-refractivity contribution in [3.8, 4) is 5.69 Å². The van der Waals surface area contributed by atoms with Gasteiger partial charge in [-0.2, -0.15) is 9.40 Å². The molecule has 0 bridgehead atoms. The number of aryl methyl sites for hydroxylation is 1. The first-order valence-corrected chi connectivity index (χ1v) is 12.1. The number of carbonyl (C=O) groups is 1. The van der Waals surface area contributed by atoms with Crippen molar-refractivity contribution in [1.82, 2.24) is 19.4 Å². The van der Waals surface area contributed by atoms with Gasteiger partial charge >= 0.3 is 0 Å². The lowest BCUT2D eigenvalue weighted by atomic mass is 9.99. The van der Waals surface area contributed by atoms with E-state index in [2.05, 4.69) is 10.4 Å². The van der Waals surface area contributed by atoms with Crippen LogP contribution in [0.3, 0.4) is 0 Å². The molecule has 1 fully saturated rings. The van der Waals surface area contributed by atoms with E-state index in [4.69, 9.17) is 0 Å². The molecule has 1 amide bonds. The number of carbonyl (C=O) groups excluding carboxylic acids is 1. The highest BCUT2D eigenvalue weighted by molar-refractivity contribution is 7.91. The second-order valence-electron chi connectivity index (χ2n) is 7.41. The van der Waals surface area contributed by atoms with E-state index in [0.717, 1.165) is 16.1 Å². The van der Waals surface area contributed by atoms with Crippen LogP contribution in [0, 0.1) is 12.8 Å². The van der Waals surface area contributed by atoms with Crippen LogP contribution in [-0.4, -0.2) is 41.5 Å². The number of benzene rings is 1. The average Bonchev–Trinajstić information content (AvgIpc) is 3.42. The highest BCUT2D eigenvalue weighted by Crippen LogP contribution is 2.28. The fourth-order valence-corrected chi connectivity index (χ4v) is 6.52. The van der Waals surface area contributed by atoms with Crippen molar-refractivity contribution in [2.45, 2.75) is 30.5 Å². The SMILES string of the molecule is Cc1ccc(S(=O)(=O)N2CCC[C@@H](C(=O)NCc3cnn(-c4ccccc4)c3)C2)s1. The Kier molecular flexibility index (Phi) is 6.03. The van der Waals surface area contributed by atoms with Gasteiger partial charge in [-0.3, -0.25) is 4.79 Å². The Hall–Kier alpha value is -2.49. The van der Waals surface area contributed by atoms with Gasteiger partial charge in [-0.25, -0.2) is 13.1 Å². The zero-order valence-corrected chi connectivity index (χ0v) is 18.3. The van der Waals surface area contributed by atoms with E-state index < -0.39 is 10.0 Å². The number of rotatable bonds is 6. The van der Waals surface area contributed by atoms with Crippen molar-refractivity contribution in [2.75, 3.05) is 13.1 Å². The highest BCUT2D eigenvalue weighted by atomic mass is 32.2. The number of sulfonamides is 1. The molecule has 0 unspecified atom stereocenters. The third kappa shape index (κ3) is 4.48. The lowest BCUT2D eigenvalue weighted by Gasteiger charge is -2.30. The molecule has 1 atom stereocenters. The molecule has 30 heavy (non-hydrogen) atoms. The number of hydrogen-bond donors (Lipinski definition) is 1. The summed E-state index contributed by atoms with van der Waals surface area (Å²) in [5.41, 5.74) is 1.84. The van der Waals surface area contributed by atoms with Crippen LogP contribution in [0.25, 0.3) is 5.69 Å². The summed E-state index contributed by atoms with van der Waals surface area (Å²) in [5, 5.41) is 7.27. The van der Waals surface area contributed by atoms with Crippen LogP contribution in [0.4, 0.5) is 0 Å². The smallest absolute Gasteiger partial charge is 0.252 e. The number of thiophene rings is 1. The predicted octanol–water partition coefficient (Wildman–Crippen LogP) is 2.96. The van der Waals surface area contributed by atoms with E-state index >= 15 is 0 Å². The van der Waals surface area contributed by atoms with Crippen molar-refractivity contribution < 1.29 is 13.2 Å². The maximum Gasteiger partial charge on any atom is 0.252 e. The topological polar surface area (TPSA) is 84.3 Å². The van der Waals surface area contributed by atoms with Crippen LogP contribution >= 0.6 is 11.3 Å². The number of amides is 1. The molecule has 9 heteroatoms. The summed E-state index contributed by atoms with van der Waals surface area (Å²) in [6.07, 6.45) is 4.97. The molecule has 1 aliphatic rings. The normalized spacial score (nSPS) is 17.7. The summed E-state index contributed by atoms with van der Waals surface area (Å²) in [4.78, 5) is 13.7. The second-order valence-corrected chi connectivity index (χ2v) is 10.9. The highest BCUT2D eigenvalue weighted by Gasteiger charge is 2.33. The zero-order valence-electron chi connectivity index (χ0n) is 16.7. The van der Waals surface area contributed by atoms with Crippen LogP contribution in [0.15, 0.2) is 59.1 Å². The molecule has 1 saturated heterocycles. The maximum atomic E-state index is 12.9. The summed E-state index contributed by atoms with van der Waals surface area (Å²) in [6.45, 7) is 2.91. The van der Waals surface area contributed by atoms with Crippen molar-refractivity contribution in [1.29, 1.82) is 0 Å². The number of piperidine rings is 1. The first-order valence-electron chi connectivity index (χ1n) is 9.87. The molecule has 1 N–H and O–H groups in total. The summed E-state index contributed by atoms with van der Waals surface area (Å²) in [6, 6.07) is 13.2. The first-order chi connectivity index (χ1) is 14.4. The minimum atomic E-state index is -3.54. The standard InChI is InChI=1S/C21H24N4O3S2/c1-16-9-10-20(29-16)30(27,28)24-11-5-6-18(15-24)21(26)22-12-17-13-23-25(14-17)19-7-3-2-4-8-19/h2-4,7-10,13-14,18H,5-6,11-12,15H2,1H3,(H,22,26)/t18-/m1/s1. The second kappa shape index (κ2) is 8.71. The van der Waals surface area contributed by atoms with Crippen LogP contribution in [-0.2, 0) is 21.4 Å². The van der Waals surface area contributed by atoms with Gasteiger partial charge in [0.1, 0.15) is 4.21 Å². The minimum absolute atomic E-state index is 0.121. The first kappa shape index (κ1) is 20.8. The number of nitrogens with zero attached hydrogens (tertiary/aromatic N) is 3. The van der Waals surface area contributed by atoms with E-state index in [1.54, 1.807) is 23.0 Å². The lowest BCUT2D eigenvalue weighted by Crippen LogP contribution is -2.45. The Morgan fingerprint density at radius 1 is 1.23 bits per heavy atom. The van der Waals surface area contributed by atoms with E-state index in [9.17, 15) is 13.2 Å². The van der Waals surface area contributed by atoms with Crippen molar-refractivity contribution in [3.05, 3.63) is 65.3 Å². The summed E-state index contributed by atoms with van der Waals surface area (Å²) in [5.74, 6) is -0.469. The number of nitrogens with one attached hydrogen (secondary N) is 1. The Morgan fingerprint density at radius 3 is 2.77 bits per heavy atom. The van der Waals surface area contributed by atoms with E-state index in [-0.39, 0.29) is 18.4 Å². The molecular formula is C21H24N4O3S2. The van der Waals surface area contributed by atoms with Crippen molar-refractivity contribution in [2.24, 2.45) is 5.92 Å². The Bertz CT molecular complexity index is 1120. The van der Waals surface area contributed by atoms with Crippen LogP contribution in [0.2, 0.25) is 0 Å². The Morgan fingerprint density at radius 2 is 2.03 bits per heavy atom. The van der Waals surface area contributed by atoms with Gasteiger partial charge in [0.25, 0.3) is 10.0 Å². The van der Waals surface area contributed by atoms with E-state index in [1.807, 2.05) is 43.5 Å². The molecule has 1 aromatic carbocycles. The van der Waals surface area contributed by atoms with Gasteiger partial charge < -0.3 is 5.32 Å².